The van der Waals surface area contributed by atoms with Gasteiger partial charge in [0.15, 0.2) is 12.1 Å². The third-order valence-corrected chi connectivity index (χ3v) is 9.37. The first-order valence-corrected chi connectivity index (χ1v) is 15.6. The van der Waals surface area contributed by atoms with E-state index in [1.165, 1.54) is 0 Å². The summed E-state index contributed by atoms with van der Waals surface area (Å²) in [6.45, 7) is 3.75. The van der Waals surface area contributed by atoms with Gasteiger partial charge in [0.1, 0.15) is 0 Å². The van der Waals surface area contributed by atoms with Crippen molar-refractivity contribution in [3.05, 3.63) is 95.6 Å². The fourth-order valence-electron chi connectivity index (χ4n) is 5.75. The molecule has 0 aliphatic carbocycles. The Morgan fingerprint density at radius 2 is 1.61 bits per heavy atom. The van der Waals surface area contributed by atoms with Crippen LogP contribution in [0.5, 0.6) is 0 Å². The fraction of sp³-hybridized carbons (Fsp3) is 0.419. The molecule has 3 aliphatic rings. The lowest BCUT2D eigenvalue weighted by Crippen LogP contribution is -2.48. The van der Waals surface area contributed by atoms with Gasteiger partial charge in [-0.25, -0.2) is 8.42 Å². The lowest BCUT2D eigenvalue weighted by Gasteiger charge is -2.41. The average molecular weight is 581 g/mol. The van der Waals surface area contributed by atoms with Gasteiger partial charge in [-0.1, -0.05) is 54.6 Å². The summed E-state index contributed by atoms with van der Waals surface area (Å²) in [5.74, 6) is -0.430. The number of aliphatic hydroxyl groups is 1. The van der Waals surface area contributed by atoms with Gasteiger partial charge in [0.25, 0.3) is 10.0 Å². The molecule has 0 saturated carbocycles. The molecule has 0 bridgehead atoms. The molecule has 9 nitrogen and oxygen atoms in total. The highest BCUT2D eigenvalue weighted by atomic mass is 32.2. The summed E-state index contributed by atoms with van der Waals surface area (Å²) in [6, 6.07) is 23.2. The van der Waals surface area contributed by atoms with Gasteiger partial charge in [-0.3, -0.25) is 4.72 Å². The van der Waals surface area contributed by atoms with Gasteiger partial charge >= 0.3 is 0 Å². The third kappa shape index (κ3) is 6.65. The molecule has 1 spiro atoms. The Balaban J connectivity index is 1.20. The zero-order valence-corrected chi connectivity index (χ0v) is 23.7. The van der Waals surface area contributed by atoms with Crippen LogP contribution in [0.1, 0.15) is 48.3 Å². The van der Waals surface area contributed by atoms with Crippen molar-refractivity contribution < 1.29 is 32.5 Å². The van der Waals surface area contributed by atoms with Crippen molar-refractivity contribution in [2.24, 2.45) is 0 Å². The Hall–Kier alpha value is -2.83. The number of ether oxygens (including phenoxy) is 4. The van der Waals surface area contributed by atoms with E-state index in [4.69, 9.17) is 18.9 Å². The second kappa shape index (κ2) is 12.2. The van der Waals surface area contributed by atoms with Crippen LogP contribution in [0.3, 0.4) is 0 Å². The number of benzene rings is 3. The molecule has 10 heteroatoms. The molecule has 3 fully saturated rings. The zero-order valence-electron chi connectivity index (χ0n) is 22.9. The maximum atomic E-state index is 12.9. The molecule has 0 radical (unpaired) electrons. The summed E-state index contributed by atoms with van der Waals surface area (Å²) >= 11 is 0. The molecule has 218 valence electrons. The standard InChI is InChI=1S/C31H36N2O7S/c34-22-23-9-11-24(12-10-23)29-20-27(21-33-15-13-31(14-16-33)37-17-18-38-31)39-30(40-29)25-5-4-6-26(19-25)32-41(35,36)28-7-2-1-3-8-28/h1-12,19,27,29-30,32,34H,13-18,20-22H2/t27-,29+,30+/m1/s1. The first kappa shape index (κ1) is 28.3. The molecule has 3 atom stereocenters. The lowest BCUT2D eigenvalue weighted by atomic mass is 9.98. The molecular weight excluding hydrogens is 544 g/mol. The summed E-state index contributed by atoms with van der Waals surface area (Å²) in [5.41, 5.74) is 3.01. The number of sulfonamides is 1. The first-order valence-electron chi connectivity index (χ1n) is 14.1. The highest BCUT2D eigenvalue weighted by Crippen LogP contribution is 2.39. The van der Waals surface area contributed by atoms with Crippen LogP contribution in [0.2, 0.25) is 0 Å². The molecule has 6 rings (SSSR count). The van der Waals surface area contributed by atoms with Crippen LogP contribution in [0.4, 0.5) is 5.69 Å². The fourth-order valence-corrected chi connectivity index (χ4v) is 6.82. The smallest absolute Gasteiger partial charge is 0.261 e. The minimum Gasteiger partial charge on any atom is -0.392 e. The van der Waals surface area contributed by atoms with Crippen LogP contribution in [-0.2, 0) is 35.6 Å². The van der Waals surface area contributed by atoms with Gasteiger partial charge in [0, 0.05) is 50.1 Å². The Bertz CT molecular complexity index is 1400. The van der Waals surface area contributed by atoms with Crippen LogP contribution in [-0.4, -0.2) is 63.2 Å². The SMILES string of the molecule is O=S(=O)(Nc1cccc([C@H]2O[C@@H](CN3CCC4(CC3)OCCO4)C[C@@H](c3ccc(CO)cc3)O2)c1)c1ccccc1. The van der Waals surface area contributed by atoms with Crippen molar-refractivity contribution in [1.29, 1.82) is 0 Å². The van der Waals surface area contributed by atoms with E-state index in [1.54, 1.807) is 48.5 Å². The zero-order chi connectivity index (χ0) is 28.3. The van der Waals surface area contributed by atoms with Gasteiger partial charge in [-0.05, 0) is 35.4 Å². The number of aliphatic hydroxyl groups excluding tert-OH is 1. The highest BCUT2D eigenvalue weighted by molar-refractivity contribution is 7.92. The van der Waals surface area contributed by atoms with E-state index in [2.05, 4.69) is 9.62 Å². The van der Waals surface area contributed by atoms with E-state index in [0.717, 1.165) is 49.2 Å². The summed E-state index contributed by atoms with van der Waals surface area (Å²) < 4.78 is 53.3. The number of nitrogens with zero attached hydrogens (tertiary/aromatic N) is 1. The van der Waals surface area contributed by atoms with E-state index in [1.807, 2.05) is 30.3 Å². The number of likely N-dealkylation sites (tertiary alicyclic amines) is 1. The number of hydrogen-bond acceptors (Lipinski definition) is 8. The van der Waals surface area contributed by atoms with Crippen molar-refractivity contribution in [2.75, 3.05) is 37.6 Å². The molecular formula is C31H36N2O7S. The van der Waals surface area contributed by atoms with Crippen LogP contribution < -0.4 is 4.72 Å². The minimum absolute atomic E-state index is 0.0181. The van der Waals surface area contributed by atoms with Crippen molar-refractivity contribution >= 4 is 15.7 Å². The molecule has 0 amide bonds. The lowest BCUT2D eigenvalue weighted by molar-refractivity contribution is -0.255. The van der Waals surface area contributed by atoms with Crippen LogP contribution >= 0.6 is 0 Å². The molecule has 0 unspecified atom stereocenters. The monoisotopic (exact) mass is 580 g/mol. The van der Waals surface area contributed by atoms with Gasteiger partial charge in [0.2, 0.25) is 0 Å². The maximum absolute atomic E-state index is 12.9. The van der Waals surface area contributed by atoms with Gasteiger partial charge in [0.05, 0.1) is 36.9 Å². The van der Waals surface area contributed by atoms with Crippen LogP contribution in [0.15, 0.2) is 83.8 Å². The summed E-state index contributed by atoms with van der Waals surface area (Å²) in [5, 5.41) is 9.49. The average Bonchev–Trinajstić information content (AvgIpc) is 3.46. The topological polar surface area (TPSA) is 107 Å². The predicted molar refractivity (Wildman–Crippen MR) is 152 cm³/mol. The summed E-state index contributed by atoms with van der Waals surface area (Å²) in [6.07, 6.45) is 1.30. The second-order valence-electron chi connectivity index (χ2n) is 10.8. The Morgan fingerprint density at radius 3 is 2.32 bits per heavy atom. The molecule has 2 N–H and O–H groups in total. The molecule has 3 aromatic rings. The number of piperidine rings is 1. The van der Waals surface area contributed by atoms with Gasteiger partial charge in [-0.15, -0.1) is 0 Å². The second-order valence-corrected chi connectivity index (χ2v) is 12.5. The van der Waals surface area contributed by atoms with Crippen LogP contribution in [0, 0.1) is 0 Å². The molecule has 41 heavy (non-hydrogen) atoms. The van der Waals surface area contributed by atoms with E-state index in [0.29, 0.717) is 25.3 Å². The van der Waals surface area contributed by atoms with Gasteiger partial charge in [-0.2, -0.15) is 0 Å². The van der Waals surface area contributed by atoms with E-state index in [-0.39, 0.29) is 23.7 Å². The number of rotatable bonds is 8. The minimum atomic E-state index is -3.74. The summed E-state index contributed by atoms with van der Waals surface area (Å²) in [7, 11) is -3.74. The highest BCUT2D eigenvalue weighted by Gasteiger charge is 2.41. The molecule has 3 heterocycles. The largest absolute Gasteiger partial charge is 0.392 e. The summed E-state index contributed by atoms with van der Waals surface area (Å²) in [4.78, 5) is 2.58. The van der Waals surface area contributed by atoms with E-state index in [9.17, 15) is 13.5 Å². The van der Waals surface area contributed by atoms with Crippen molar-refractivity contribution in [1.82, 2.24) is 4.90 Å². The van der Waals surface area contributed by atoms with E-state index >= 15 is 0 Å². The van der Waals surface area contributed by atoms with Gasteiger partial charge < -0.3 is 29.0 Å². The quantitative estimate of drug-likeness (QED) is 0.405. The molecule has 0 aromatic heterocycles. The Kier molecular flexibility index (Phi) is 8.41. The number of anilines is 1. The van der Waals surface area contributed by atoms with Crippen molar-refractivity contribution in [2.45, 2.75) is 55.0 Å². The van der Waals surface area contributed by atoms with E-state index < -0.39 is 22.1 Å². The predicted octanol–water partition coefficient (Wildman–Crippen LogP) is 4.36. The van der Waals surface area contributed by atoms with Crippen LogP contribution in [0.25, 0.3) is 0 Å². The third-order valence-electron chi connectivity index (χ3n) is 7.97. The van der Waals surface area contributed by atoms with Crippen molar-refractivity contribution in [3.63, 3.8) is 0 Å². The van der Waals surface area contributed by atoms with Crippen molar-refractivity contribution in [3.8, 4) is 0 Å². The first-order chi connectivity index (χ1) is 19.9. The Morgan fingerprint density at radius 1 is 0.878 bits per heavy atom. The molecule has 3 saturated heterocycles. The normalized spacial score (nSPS) is 24.9. The molecule has 3 aliphatic heterocycles. The maximum Gasteiger partial charge on any atom is 0.261 e. The number of hydrogen-bond donors (Lipinski definition) is 2. The molecule has 3 aromatic carbocycles. The Labute approximate surface area is 241 Å². The number of nitrogens with one attached hydrogen (secondary N) is 1.